The maximum absolute atomic E-state index is 13.8. The fourth-order valence-electron chi connectivity index (χ4n) is 4.52. The molecule has 1 saturated heterocycles. The van der Waals surface area contributed by atoms with Crippen LogP contribution in [0.25, 0.3) is 10.4 Å². The number of sulfonamides is 1. The van der Waals surface area contributed by atoms with Crippen molar-refractivity contribution in [3.8, 4) is 16.2 Å². The third-order valence-electron chi connectivity index (χ3n) is 6.30. The Balaban J connectivity index is 1.70. The minimum atomic E-state index is -3.77. The number of benzene rings is 2. The lowest BCUT2D eigenvalue weighted by Crippen LogP contribution is -2.46. The van der Waals surface area contributed by atoms with Gasteiger partial charge in [0.05, 0.1) is 22.9 Å². The Morgan fingerprint density at radius 1 is 1.12 bits per heavy atom. The van der Waals surface area contributed by atoms with Gasteiger partial charge in [0.1, 0.15) is 5.02 Å². The summed E-state index contributed by atoms with van der Waals surface area (Å²) in [6.45, 7) is 2.98. The number of ether oxygens (including phenoxy) is 2. The molecule has 0 spiro atoms. The molecule has 2 heterocycles. The van der Waals surface area contributed by atoms with Gasteiger partial charge in [-0.25, -0.2) is 18.0 Å². The van der Waals surface area contributed by atoms with Crippen LogP contribution in [0.4, 0.5) is 5.69 Å². The molecule has 3 aromatic rings. The van der Waals surface area contributed by atoms with E-state index in [-0.39, 0.29) is 34.1 Å². The quantitative estimate of drug-likeness (QED) is 0.270. The summed E-state index contributed by atoms with van der Waals surface area (Å²) in [5.74, 6) is -2.17. The molecule has 2 aromatic carbocycles. The van der Waals surface area contributed by atoms with Crippen LogP contribution in [0.2, 0.25) is 5.02 Å². The molecule has 40 heavy (non-hydrogen) atoms. The van der Waals surface area contributed by atoms with Gasteiger partial charge in [-0.2, -0.15) is 0 Å². The molecule has 0 radical (unpaired) electrons. The van der Waals surface area contributed by atoms with Gasteiger partial charge in [-0.3, -0.25) is 4.31 Å². The van der Waals surface area contributed by atoms with Gasteiger partial charge in [0.15, 0.2) is 17.2 Å². The van der Waals surface area contributed by atoms with Gasteiger partial charge in [-0.1, -0.05) is 61.0 Å². The molecule has 1 aliphatic heterocycles. The van der Waals surface area contributed by atoms with E-state index in [9.17, 15) is 23.1 Å². The SMILES string of the molecule is CCCOC(=O)COc1c(C(=O)O)sc(-c2cccc(N(C3CCNCC3)S(=O)(=O)Cc3ccccc3)c2)c1Cl. The molecule has 9 nitrogen and oxygen atoms in total. The van der Waals surface area contributed by atoms with Crippen molar-refractivity contribution >= 4 is 50.6 Å². The number of halogens is 1. The third-order valence-corrected chi connectivity index (χ3v) is 9.79. The van der Waals surface area contributed by atoms with E-state index < -0.39 is 28.6 Å². The van der Waals surface area contributed by atoms with Crippen LogP contribution in [0.15, 0.2) is 54.6 Å². The van der Waals surface area contributed by atoms with Crippen LogP contribution in [-0.4, -0.2) is 57.8 Å². The first-order valence-electron chi connectivity index (χ1n) is 12.9. The van der Waals surface area contributed by atoms with Crippen LogP contribution in [0, 0.1) is 0 Å². The number of carbonyl (C=O) groups excluding carboxylic acids is 1. The van der Waals surface area contributed by atoms with Crippen molar-refractivity contribution in [2.24, 2.45) is 0 Å². The van der Waals surface area contributed by atoms with Gasteiger partial charge in [0.2, 0.25) is 10.0 Å². The number of carboxylic acids is 1. The van der Waals surface area contributed by atoms with Crippen molar-refractivity contribution < 1.29 is 32.6 Å². The highest BCUT2D eigenvalue weighted by Gasteiger charge is 2.32. The Morgan fingerprint density at radius 3 is 2.52 bits per heavy atom. The Bertz CT molecular complexity index is 1440. The van der Waals surface area contributed by atoms with Crippen LogP contribution >= 0.6 is 22.9 Å². The molecule has 0 amide bonds. The number of esters is 1. The Hall–Kier alpha value is -3.12. The molecule has 4 rings (SSSR count). The van der Waals surface area contributed by atoms with E-state index in [1.165, 1.54) is 4.31 Å². The minimum Gasteiger partial charge on any atom is -0.479 e. The van der Waals surface area contributed by atoms with E-state index in [1.54, 1.807) is 36.4 Å². The maximum Gasteiger partial charge on any atom is 0.349 e. The zero-order valence-electron chi connectivity index (χ0n) is 22.0. The molecular formula is C28H31ClN2O7S2. The highest BCUT2D eigenvalue weighted by Crippen LogP contribution is 2.46. The molecule has 12 heteroatoms. The van der Waals surface area contributed by atoms with E-state index in [0.29, 0.717) is 54.0 Å². The first-order chi connectivity index (χ1) is 19.2. The molecule has 0 atom stereocenters. The lowest BCUT2D eigenvalue weighted by Gasteiger charge is -2.35. The largest absolute Gasteiger partial charge is 0.479 e. The molecule has 0 aliphatic carbocycles. The number of piperidine rings is 1. The fraction of sp³-hybridized carbons (Fsp3) is 0.357. The van der Waals surface area contributed by atoms with Crippen LogP contribution in [-0.2, 0) is 25.3 Å². The van der Waals surface area contributed by atoms with E-state index in [0.717, 1.165) is 11.3 Å². The average molecular weight is 607 g/mol. The van der Waals surface area contributed by atoms with Crippen molar-refractivity contribution in [2.45, 2.75) is 38.0 Å². The number of nitrogens with one attached hydrogen (secondary N) is 1. The van der Waals surface area contributed by atoms with E-state index in [2.05, 4.69) is 5.32 Å². The smallest absolute Gasteiger partial charge is 0.349 e. The Morgan fingerprint density at radius 2 is 1.85 bits per heavy atom. The lowest BCUT2D eigenvalue weighted by atomic mass is 10.1. The second kappa shape index (κ2) is 13.5. The second-order valence-corrected chi connectivity index (χ2v) is 12.5. The molecule has 0 bridgehead atoms. The van der Waals surface area contributed by atoms with E-state index in [1.807, 2.05) is 25.1 Å². The fourth-order valence-corrected chi connectivity index (χ4v) is 7.77. The summed E-state index contributed by atoms with van der Waals surface area (Å²) in [7, 11) is -3.77. The number of nitrogens with zero attached hydrogens (tertiary/aromatic N) is 1. The lowest BCUT2D eigenvalue weighted by molar-refractivity contribution is -0.146. The summed E-state index contributed by atoms with van der Waals surface area (Å²) < 4.78 is 39.6. The Labute approximate surface area is 242 Å². The molecule has 0 unspecified atom stereocenters. The van der Waals surface area contributed by atoms with Gasteiger partial charge in [-0.05, 0) is 55.6 Å². The molecule has 214 valence electrons. The van der Waals surface area contributed by atoms with Crippen molar-refractivity contribution in [3.05, 3.63) is 70.1 Å². The molecule has 1 aliphatic rings. The number of rotatable bonds is 12. The second-order valence-electron chi connectivity index (χ2n) is 9.29. The number of anilines is 1. The predicted molar refractivity (Wildman–Crippen MR) is 156 cm³/mol. The Kier molecular flexibility index (Phi) is 10.1. The minimum absolute atomic E-state index is 0.0309. The van der Waals surface area contributed by atoms with Crippen LogP contribution < -0.4 is 14.4 Å². The highest BCUT2D eigenvalue weighted by atomic mass is 35.5. The molecule has 1 aromatic heterocycles. The van der Waals surface area contributed by atoms with Crippen molar-refractivity contribution in [1.29, 1.82) is 0 Å². The number of carboxylic acid groups (broad SMARTS) is 1. The van der Waals surface area contributed by atoms with Crippen LogP contribution in [0.5, 0.6) is 5.75 Å². The standard InChI is InChI=1S/C28H31ClN2O7S2/c1-2-15-37-23(32)17-38-25-24(29)26(39-27(25)28(33)34)20-9-6-10-22(16-20)31(21-11-13-30-14-12-21)40(35,36)18-19-7-4-3-5-8-19/h3-10,16,21,30H,2,11-15,17-18H2,1H3,(H,33,34). The highest BCUT2D eigenvalue weighted by molar-refractivity contribution is 7.92. The summed E-state index contributed by atoms with van der Waals surface area (Å²) in [4.78, 5) is 24.1. The average Bonchev–Trinajstić information content (AvgIpc) is 3.28. The van der Waals surface area contributed by atoms with Crippen LogP contribution in [0.3, 0.4) is 0 Å². The zero-order valence-corrected chi connectivity index (χ0v) is 24.4. The van der Waals surface area contributed by atoms with Crippen LogP contribution in [0.1, 0.15) is 41.4 Å². The molecular weight excluding hydrogens is 576 g/mol. The molecule has 0 saturated carbocycles. The first kappa shape index (κ1) is 29.9. The third kappa shape index (κ3) is 7.14. The maximum atomic E-state index is 13.8. The number of thiophene rings is 1. The van der Waals surface area contributed by atoms with Gasteiger partial charge < -0.3 is 19.9 Å². The van der Waals surface area contributed by atoms with Crippen molar-refractivity contribution in [3.63, 3.8) is 0 Å². The first-order valence-corrected chi connectivity index (χ1v) is 15.7. The number of aromatic carboxylic acids is 1. The summed E-state index contributed by atoms with van der Waals surface area (Å²) in [6, 6.07) is 15.7. The topological polar surface area (TPSA) is 122 Å². The van der Waals surface area contributed by atoms with Gasteiger partial charge >= 0.3 is 11.9 Å². The monoisotopic (exact) mass is 606 g/mol. The van der Waals surface area contributed by atoms with Crippen molar-refractivity contribution in [2.75, 3.05) is 30.6 Å². The van der Waals surface area contributed by atoms with Gasteiger partial charge in [0, 0.05) is 6.04 Å². The number of carbonyl (C=O) groups is 2. The number of hydrogen-bond acceptors (Lipinski definition) is 8. The summed E-state index contributed by atoms with van der Waals surface area (Å²) in [5, 5.41) is 13.1. The summed E-state index contributed by atoms with van der Waals surface area (Å²) in [6.07, 6.45) is 1.93. The zero-order chi connectivity index (χ0) is 28.7. The van der Waals surface area contributed by atoms with Gasteiger partial charge in [0.25, 0.3) is 0 Å². The summed E-state index contributed by atoms with van der Waals surface area (Å²) in [5.41, 5.74) is 1.68. The van der Waals surface area contributed by atoms with E-state index in [4.69, 9.17) is 21.1 Å². The summed E-state index contributed by atoms with van der Waals surface area (Å²) >= 11 is 7.50. The predicted octanol–water partition coefficient (Wildman–Crippen LogP) is 5.19. The van der Waals surface area contributed by atoms with E-state index >= 15 is 0 Å². The molecule has 2 N–H and O–H groups in total. The van der Waals surface area contributed by atoms with Crippen molar-refractivity contribution in [1.82, 2.24) is 5.32 Å². The normalized spacial score (nSPS) is 14.1. The van der Waals surface area contributed by atoms with Gasteiger partial charge in [-0.15, -0.1) is 11.3 Å². The molecule has 1 fully saturated rings. The number of hydrogen-bond donors (Lipinski definition) is 2.